The van der Waals surface area contributed by atoms with Crippen molar-refractivity contribution in [3.8, 4) is 0 Å². The molecular formula is C33H61B2NO4. The molecule has 40 heavy (non-hydrogen) atoms. The van der Waals surface area contributed by atoms with Crippen molar-refractivity contribution < 1.29 is 18.6 Å². The predicted molar refractivity (Wildman–Crippen MR) is 167 cm³/mol. The number of hydrogen-bond acceptors (Lipinski definition) is 5. The molecule has 0 radical (unpaired) electrons. The van der Waals surface area contributed by atoms with E-state index < -0.39 is 0 Å². The quantitative estimate of drug-likeness (QED) is 0.133. The Kier molecular flexibility index (Phi) is 13.1. The second kappa shape index (κ2) is 16.7. The summed E-state index contributed by atoms with van der Waals surface area (Å²) < 4.78 is 24.4. The number of nitrogens with zero attached hydrogens (tertiary/aromatic N) is 1. The maximum Gasteiger partial charge on any atom is 0.460 e. The van der Waals surface area contributed by atoms with Crippen LogP contribution in [0.15, 0.2) is 0 Å². The first-order valence-corrected chi connectivity index (χ1v) is 18.0. The van der Waals surface area contributed by atoms with Crippen LogP contribution < -0.4 is 0 Å². The van der Waals surface area contributed by atoms with E-state index in [0.29, 0.717) is 11.6 Å². The van der Waals surface area contributed by atoms with Gasteiger partial charge in [-0.25, -0.2) is 0 Å². The van der Waals surface area contributed by atoms with Gasteiger partial charge in [0, 0.05) is 18.1 Å². The normalized spacial score (nSPS) is 32.8. The molecule has 0 aromatic carbocycles. The van der Waals surface area contributed by atoms with Crippen LogP contribution in [0.5, 0.6) is 0 Å². The SMILES string of the molecule is CCCCCCCCC(CCCCCCCC)N1C2CC(B3OCCO3)CCC2C2CCC(B3OCCO3)CC21. The zero-order valence-electron chi connectivity index (χ0n) is 26.2. The Morgan fingerprint density at radius 3 is 1.38 bits per heavy atom. The second-order valence-corrected chi connectivity index (χ2v) is 14.0. The van der Waals surface area contributed by atoms with Crippen LogP contribution in [-0.4, -0.2) is 63.7 Å². The van der Waals surface area contributed by atoms with Gasteiger partial charge in [-0.3, -0.25) is 4.90 Å². The summed E-state index contributed by atoms with van der Waals surface area (Å²) in [6.07, 6.45) is 27.5. The van der Waals surface area contributed by atoms with E-state index in [-0.39, 0.29) is 14.2 Å². The molecule has 0 spiro atoms. The average Bonchev–Trinajstić information content (AvgIpc) is 3.76. The molecule has 6 unspecified atom stereocenters. The number of fused-ring (bicyclic) bond motifs is 3. The summed E-state index contributed by atoms with van der Waals surface area (Å²) in [6, 6.07) is 2.18. The lowest BCUT2D eigenvalue weighted by molar-refractivity contribution is 0.0693. The summed E-state index contributed by atoms with van der Waals surface area (Å²) in [5.74, 6) is 2.89. The van der Waals surface area contributed by atoms with Crippen LogP contribution in [0.4, 0.5) is 0 Å². The molecule has 7 heteroatoms. The third kappa shape index (κ3) is 8.10. The highest BCUT2D eigenvalue weighted by Crippen LogP contribution is 2.55. The average molecular weight is 557 g/mol. The summed E-state index contributed by atoms with van der Waals surface area (Å²) in [7, 11) is 0.100. The summed E-state index contributed by atoms with van der Waals surface area (Å²) in [6.45, 7) is 7.79. The van der Waals surface area contributed by atoms with Gasteiger partial charge in [0.15, 0.2) is 0 Å². The van der Waals surface area contributed by atoms with E-state index in [0.717, 1.165) is 56.4 Å². The number of rotatable bonds is 17. The molecule has 3 aliphatic heterocycles. The minimum Gasteiger partial charge on any atom is -0.409 e. The van der Waals surface area contributed by atoms with Gasteiger partial charge in [-0.15, -0.1) is 0 Å². The Hall–Kier alpha value is -0.0701. The number of unbranched alkanes of at least 4 members (excludes halogenated alkanes) is 10. The van der Waals surface area contributed by atoms with Crippen molar-refractivity contribution in [1.29, 1.82) is 0 Å². The van der Waals surface area contributed by atoms with Gasteiger partial charge in [0.2, 0.25) is 0 Å². The summed E-state index contributed by atoms with van der Waals surface area (Å²) in [5.41, 5.74) is 0. The van der Waals surface area contributed by atoms with Crippen LogP contribution >= 0.6 is 0 Å². The molecule has 0 bridgehead atoms. The fourth-order valence-electron chi connectivity index (χ4n) is 9.43. The minimum absolute atomic E-state index is 0.0500. The molecule has 5 rings (SSSR count). The summed E-state index contributed by atoms with van der Waals surface area (Å²) in [5, 5.41) is 0. The smallest absolute Gasteiger partial charge is 0.409 e. The Labute approximate surface area is 247 Å². The van der Waals surface area contributed by atoms with Gasteiger partial charge in [0.05, 0.1) is 26.4 Å². The van der Waals surface area contributed by atoms with Crippen LogP contribution in [0.3, 0.4) is 0 Å². The highest BCUT2D eigenvalue weighted by atomic mass is 16.6. The fourth-order valence-corrected chi connectivity index (χ4v) is 9.43. The molecule has 0 aromatic rings. The highest BCUT2D eigenvalue weighted by Gasteiger charge is 2.56. The summed E-state index contributed by atoms with van der Waals surface area (Å²) >= 11 is 0. The van der Waals surface area contributed by atoms with E-state index in [2.05, 4.69) is 18.7 Å². The first-order valence-electron chi connectivity index (χ1n) is 18.0. The Morgan fingerprint density at radius 2 is 0.950 bits per heavy atom. The predicted octanol–water partition coefficient (Wildman–Crippen LogP) is 8.32. The Morgan fingerprint density at radius 1 is 0.550 bits per heavy atom. The van der Waals surface area contributed by atoms with Gasteiger partial charge in [0.25, 0.3) is 0 Å². The molecule has 228 valence electrons. The first-order chi connectivity index (χ1) is 19.8. The zero-order valence-corrected chi connectivity index (χ0v) is 26.2. The largest absolute Gasteiger partial charge is 0.460 e. The van der Waals surface area contributed by atoms with Gasteiger partial charge < -0.3 is 18.6 Å². The third-order valence-electron chi connectivity index (χ3n) is 11.4. The van der Waals surface area contributed by atoms with Gasteiger partial charge in [-0.1, -0.05) is 104 Å². The molecule has 6 atom stereocenters. The van der Waals surface area contributed by atoms with E-state index >= 15 is 0 Å². The van der Waals surface area contributed by atoms with Crippen molar-refractivity contribution >= 4 is 14.2 Å². The molecule has 0 aromatic heterocycles. The molecule has 5 nitrogen and oxygen atoms in total. The van der Waals surface area contributed by atoms with Gasteiger partial charge in [0.1, 0.15) is 0 Å². The van der Waals surface area contributed by atoms with Crippen LogP contribution in [-0.2, 0) is 18.6 Å². The Balaban J connectivity index is 1.29. The number of likely N-dealkylation sites (tertiary alicyclic amines) is 1. The van der Waals surface area contributed by atoms with Crippen molar-refractivity contribution in [2.45, 2.75) is 172 Å². The summed E-state index contributed by atoms with van der Waals surface area (Å²) in [4.78, 5) is 3.16. The molecule has 0 N–H and O–H groups in total. The third-order valence-corrected chi connectivity index (χ3v) is 11.4. The van der Waals surface area contributed by atoms with E-state index in [4.69, 9.17) is 18.6 Å². The van der Waals surface area contributed by atoms with Crippen molar-refractivity contribution in [3.05, 3.63) is 0 Å². The van der Waals surface area contributed by atoms with E-state index in [9.17, 15) is 0 Å². The van der Waals surface area contributed by atoms with Crippen LogP contribution in [0.2, 0.25) is 11.6 Å². The van der Waals surface area contributed by atoms with Crippen LogP contribution in [0.25, 0.3) is 0 Å². The maximum absolute atomic E-state index is 6.09. The highest BCUT2D eigenvalue weighted by molar-refractivity contribution is 6.47. The van der Waals surface area contributed by atoms with Gasteiger partial charge >= 0.3 is 14.2 Å². The lowest BCUT2D eigenvalue weighted by atomic mass is 9.57. The lowest BCUT2D eigenvalue weighted by Crippen LogP contribution is -2.49. The molecule has 2 aliphatic carbocycles. The van der Waals surface area contributed by atoms with Crippen LogP contribution in [0, 0.1) is 11.8 Å². The van der Waals surface area contributed by atoms with Gasteiger partial charge in [-0.05, 0) is 62.0 Å². The molecule has 5 fully saturated rings. The van der Waals surface area contributed by atoms with Crippen LogP contribution in [0.1, 0.15) is 142 Å². The maximum atomic E-state index is 6.09. The van der Waals surface area contributed by atoms with Crippen molar-refractivity contribution in [1.82, 2.24) is 4.90 Å². The molecule has 0 amide bonds. The van der Waals surface area contributed by atoms with Crippen molar-refractivity contribution in [2.24, 2.45) is 11.8 Å². The van der Waals surface area contributed by atoms with E-state index in [1.54, 1.807) is 0 Å². The van der Waals surface area contributed by atoms with E-state index in [1.807, 2.05) is 0 Å². The molecule has 2 saturated carbocycles. The van der Waals surface area contributed by atoms with Gasteiger partial charge in [-0.2, -0.15) is 0 Å². The topological polar surface area (TPSA) is 40.2 Å². The lowest BCUT2D eigenvalue weighted by Gasteiger charge is -2.43. The zero-order chi connectivity index (χ0) is 27.6. The molecular weight excluding hydrogens is 496 g/mol. The fraction of sp³-hybridized carbons (Fsp3) is 1.00. The minimum atomic E-state index is 0.0500. The van der Waals surface area contributed by atoms with Crippen molar-refractivity contribution in [3.63, 3.8) is 0 Å². The molecule has 3 heterocycles. The number of hydrogen-bond donors (Lipinski definition) is 0. The molecule has 5 aliphatic rings. The second-order valence-electron chi connectivity index (χ2n) is 14.0. The Bertz CT molecular complexity index is 648. The first kappa shape index (κ1) is 31.4. The molecule has 3 saturated heterocycles. The van der Waals surface area contributed by atoms with Crippen molar-refractivity contribution in [2.75, 3.05) is 26.4 Å². The van der Waals surface area contributed by atoms with E-state index in [1.165, 1.54) is 128 Å². The monoisotopic (exact) mass is 557 g/mol. The standard InChI is InChI=1S/C33H61B2NO4/c1-3-5-7-9-11-13-15-29(16-14-12-10-8-6-4-2)36-32-25-27(34-37-21-22-38-34)17-19-30(32)31-20-18-28(26-33(31)36)35-39-23-24-40-35/h27-33H,3-26H2,1-2H3.